The zero-order valence-corrected chi connectivity index (χ0v) is 13.8. The Kier molecular flexibility index (Phi) is 3.41. The molecule has 0 amide bonds. The summed E-state index contributed by atoms with van der Waals surface area (Å²) in [6, 6.07) is 9.95. The number of rotatable bonds is 2. The average Bonchev–Trinajstić information content (AvgIpc) is 2.53. The van der Waals surface area contributed by atoms with Gasteiger partial charge >= 0.3 is 0 Å². The summed E-state index contributed by atoms with van der Waals surface area (Å²) in [5.41, 5.74) is 3.15. The van der Waals surface area contributed by atoms with Crippen LogP contribution in [0.15, 0.2) is 36.4 Å². The monoisotopic (exact) mass is 329 g/mol. The topological polar surface area (TPSA) is 56.3 Å². The molecule has 23 heavy (non-hydrogen) atoms. The summed E-state index contributed by atoms with van der Waals surface area (Å²) < 4.78 is 29.9. The van der Waals surface area contributed by atoms with Gasteiger partial charge in [0.05, 0.1) is 23.1 Å². The molecule has 1 fully saturated rings. The first kappa shape index (κ1) is 14.7. The minimum absolute atomic E-state index is 0.203. The molecule has 4 nitrogen and oxygen atoms in total. The molecule has 2 aliphatic rings. The molecule has 2 bridgehead atoms. The molecule has 0 N–H and O–H groups in total. The quantitative estimate of drug-likeness (QED) is 0.848. The van der Waals surface area contributed by atoms with Gasteiger partial charge in [0.2, 0.25) is 5.88 Å². The van der Waals surface area contributed by atoms with Crippen molar-refractivity contribution in [1.29, 1.82) is 0 Å². The Bertz CT molecular complexity index is 902. The van der Waals surface area contributed by atoms with Crippen molar-refractivity contribution in [3.8, 4) is 5.88 Å². The van der Waals surface area contributed by atoms with Gasteiger partial charge in [-0.3, -0.25) is 0 Å². The molecule has 0 saturated carbocycles. The second-order valence-corrected chi connectivity index (χ2v) is 8.79. The molecule has 0 aliphatic carbocycles. The van der Waals surface area contributed by atoms with Crippen LogP contribution in [0.3, 0.4) is 0 Å². The van der Waals surface area contributed by atoms with Crippen LogP contribution in [-0.2, 0) is 9.84 Å². The lowest BCUT2D eigenvalue weighted by molar-refractivity contribution is 0.399. The highest BCUT2D eigenvalue weighted by molar-refractivity contribution is 7.93. The number of sulfone groups is 1. The van der Waals surface area contributed by atoms with Crippen LogP contribution in [-0.4, -0.2) is 31.0 Å². The van der Waals surface area contributed by atoms with E-state index in [-0.39, 0.29) is 10.5 Å². The fraction of sp³-hybridized carbons (Fsp3) is 0.389. The maximum atomic E-state index is 12.4. The normalized spacial score (nSPS) is 25.9. The Balaban J connectivity index is 1.76. The Morgan fingerprint density at radius 3 is 2.83 bits per heavy atom. The predicted molar refractivity (Wildman–Crippen MR) is 91.2 cm³/mol. The second kappa shape index (κ2) is 5.34. The van der Waals surface area contributed by atoms with Crippen molar-refractivity contribution in [3.05, 3.63) is 42.0 Å². The highest BCUT2D eigenvalue weighted by Gasteiger charge is 2.40. The molecule has 0 spiro atoms. The molecular weight excluding hydrogens is 310 g/mol. The minimum atomic E-state index is -2.96. The summed E-state index contributed by atoms with van der Waals surface area (Å²) in [5.74, 6) is 0.600. The summed E-state index contributed by atoms with van der Waals surface area (Å²) in [7, 11) is -1.36. The van der Waals surface area contributed by atoms with Crippen molar-refractivity contribution in [2.45, 2.75) is 36.2 Å². The third-order valence-electron chi connectivity index (χ3n) is 4.98. The number of hydrogen-bond donors (Lipinski definition) is 0. The number of fused-ring (bicyclic) bond motifs is 3. The molecule has 5 heteroatoms. The van der Waals surface area contributed by atoms with Crippen LogP contribution >= 0.6 is 0 Å². The van der Waals surface area contributed by atoms with Gasteiger partial charge in [-0.1, -0.05) is 18.6 Å². The molecule has 2 aliphatic heterocycles. The van der Waals surface area contributed by atoms with E-state index in [0.717, 1.165) is 41.3 Å². The Labute approximate surface area is 136 Å². The van der Waals surface area contributed by atoms with E-state index in [4.69, 9.17) is 4.74 Å². The van der Waals surface area contributed by atoms with E-state index in [0.29, 0.717) is 12.3 Å². The molecule has 2 atom stereocenters. The van der Waals surface area contributed by atoms with Gasteiger partial charge in [0.1, 0.15) is 0 Å². The maximum absolute atomic E-state index is 12.4. The van der Waals surface area contributed by atoms with E-state index in [1.54, 1.807) is 7.11 Å². The SMILES string of the molecule is COc1ccc2cc(C3=CC4CCCC(C3)S4(=O)=O)ccc2n1. The van der Waals surface area contributed by atoms with Crippen molar-refractivity contribution in [2.24, 2.45) is 0 Å². The standard InChI is InChI=1S/C18H19NO3S/c1-22-18-8-6-13-9-12(5-7-17(13)19-18)14-10-15-3-2-4-16(11-14)23(15,20)21/h5-10,15-16H,2-4,11H2,1H3. The van der Waals surface area contributed by atoms with Crippen LogP contribution < -0.4 is 4.74 Å². The number of pyridine rings is 1. The lowest BCUT2D eigenvalue weighted by Gasteiger charge is -2.33. The molecule has 3 heterocycles. The van der Waals surface area contributed by atoms with Crippen LogP contribution in [0.25, 0.3) is 16.5 Å². The van der Waals surface area contributed by atoms with Crippen LogP contribution in [0.4, 0.5) is 0 Å². The van der Waals surface area contributed by atoms with Crippen LogP contribution in [0.2, 0.25) is 0 Å². The number of allylic oxidation sites excluding steroid dienone is 1. The van der Waals surface area contributed by atoms with Gasteiger partial charge < -0.3 is 4.74 Å². The van der Waals surface area contributed by atoms with Gasteiger partial charge in [-0.05, 0) is 48.6 Å². The van der Waals surface area contributed by atoms with Crippen LogP contribution in [0, 0.1) is 0 Å². The highest BCUT2D eigenvalue weighted by Crippen LogP contribution is 2.39. The number of hydrogen-bond acceptors (Lipinski definition) is 4. The smallest absolute Gasteiger partial charge is 0.213 e. The fourth-order valence-electron chi connectivity index (χ4n) is 3.69. The van der Waals surface area contributed by atoms with Gasteiger partial charge in [-0.2, -0.15) is 0 Å². The van der Waals surface area contributed by atoms with Crippen molar-refractivity contribution in [1.82, 2.24) is 4.98 Å². The first-order chi connectivity index (χ1) is 11.1. The van der Waals surface area contributed by atoms with E-state index in [2.05, 4.69) is 11.1 Å². The van der Waals surface area contributed by atoms with E-state index >= 15 is 0 Å². The number of methoxy groups -OCH3 is 1. The Morgan fingerprint density at radius 2 is 2.04 bits per heavy atom. The van der Waals surface area contributed by atoms with E-state index in [1.807, 2.05) is 30.3 Å². The van der Waals surface area contributed by atoms with Gasteiger partial charge in [-0.15, -0.1) is 0 Å². The second-order valence-electron chi connectivity index (χ2n) is 6.34. The minimum Gasteiger partial charge on any atom is -0.481 e. The Hall–Kier alpha value is -1.88. The predicted octanol–water partition coefficient (Wildman–Crippen LogP) is 3.37. The lowest BCUT2D eigenvalue weighted by Crippen LogP contribution is -2.38. The average molecular weight is 329 g/mol. The van der Waals surface area contributed by atoms with E-state index < -0.39 is 9.84 Å². The molecule has 1 aromatic carbocycles. The zero-order valence-electron chi connectivity index (χ0n) is 13.0. The molecule has 120 valence electrons. The third kappa shape index (κ3) is 2.43. The summed E-state index contributed by atoms with van der Waals surface area (Å²) in [6.07, 6.45) is 5.17. The van der Waals surface area contributed by atoms with Gasteiger partial charge in [0, 0.05) is 11.5 Å². The van der Waals surface area contributed by atoms with Crippen molar-refractivity contribution >= 4 is 26.3 Å². The van der Waals surface area contributed by atoms with Crippen LogP contribution in [0.5, 0.6) is 5.88 Å². The van der Waals surface area contributed by atoms with Crippen molar-refractivity contribution in [2.75, 3.05) is 7.11 Å². The zero-order chi connectivity index (χ0) is 16.0. The van der Waals surface area contributed by atoms with Gasteiger partial charge in [0.25, 0.3) is 0 Å². The summed E-state index contributed by atoms with van der Waals surface area (Å²) in [4.78, 5) is 4.42. The number of benzene rings is 1. The summed E-state index contributed by atoms with van der Waals surface area (Å²) in [5, 5.41) is 0.545. The maximum Gasteiger partial charge on any atom is 0.213 e. The highest BCUT2D eigenvalue weighted by atomic mass is 32.2. The molecular formula is C18H19NO3S. The molecule has 4 rings (SSSR count). The van der Waals surface area contributed by atoms with E-state index in [9.17, 15) is 8.42 Å². The number of nitrogens with zero attached hydrogens (tertiary/aromatic N) is 1. The fourth-order valence-corrected chi connectivity index (χ4v) is 5.94. The Morgan fingerprint density at radius 1 is 1.17 bits per heavy atom. The van der Waals surface area contributed by atoms with Crippen molar-refractivity contribution < 1.29 is 13.2 Å². The van der Waals surface area contributed by atoms with Gasteiger partial charge in [-0.25, -0.2) is 13.4 Å². The third-order valence-corrected chi connectivity index (χ3v) is 7.53. The summed E-state index contributed by atoms with van der Waals surface area (Å²) in [6.45, 7) is 0. The molecule has 0 radical (unpaired) electrons. The van der Waals surface area contributed by atoms with Gasteiger partial charge in [0.15, 0.2) is 9.84 Å². The summed E-state index contributed by atoms with van der Waals surface area (Å²) >= 11 is 0. The van der Waals surface area contributed by atoms with Crippen LogP contribution in [0.1, 0.15) is 31.2 Å². The molecule has 1 aromatic heterocycles. The van der Waals surface area contributed by atoms with Crippen molar-refractivity contribution in [3.63, 3.8) is 0 Å². The molecule has 2 aromatic rings. The number of aromatic nitrogens is 1. The largest absolute Gasteiger partial charge is 0.481 e. The first-order valence-electron chi connectivity index (χ1n) is 7.96. The first-order valence-corrected chi connectivity index (χ1v) is 9.57. The number of ether oxygens (including phenoxy) is 1. The van der Waals surface area contributed by atoms with E-state index in [1.165, 1.54) is 0 Å². The lowest BCUT2D eigenvalue weighted by atomic mass is 9.92. The molecule has 2 unspecified atom stereocenters. The molecule has 1 saturated heterocycles.